The highest BCUT2D eigenvalue weighted by molar-refractivity contribution is 5.95. The average Bonchev–Trinajstić information content (AvgIpc) is 2.38. The number of amides is 1. The highest BCUT2D eigenvalue weighted by atomic mass is 16.5. The van der Waals surface area contributed by atoms with E-state index in [0.717, 1.165) is 16.8 Å². The summed E-state index contributed by atoms with van der Waals surface area (Å²) in [5, 5.41) is 9.07. The molecule has 1 unspecified atom stereocenters. The van der Waals surface area contributed by atoms with Gasteiger partial charge in [0.05, 0.1) is 19.2 Å². The first-order valence-corrected chi connectivity index (χ1v) is 6.63. The number of ether oxygens (including phenoxy) is 1. The van der Waals surface area contributed by atoms with Gasteiger partial charge in [0, 0.05) is 13.5 Å². The Bertz CT molecular complexity index is 553. The van der Waals surface area contributed by atoms with Crippen LogP contribution in [0.5, 0.6) is 5.75 Å². The Morgan fingerprint density at radius 1 is 1.45 bits per heavy atom. The molecule has 1 aliphatic rings. The quantitative estimate of drug-likeness (QED) is 0.920. The van der Waals surface area contributed by atoms with Gasteiger partial charge in [-0.15, -0.1) is 0 Å². The molecule has 1 atom stereocenters. The van der Waals surface area contributed by atoms with Gasteiger partial charge >= 0.3 is 5.97 Å². The Morgan fingerprint density at radius 3 is 2.70 bits per heavy atom. The maximum absolute atomic E-state index is 11.8. The normalized spacial score (nSPS) is 17.6. The molecule has 1 aliphatic heterocycles. The summed E-state index contributed by atoms with van der Waals surface area (Å²) in [6.07, 6.45) is 0.736. The maximum Gasteiger partial charge on any atom is 0.303 e. The molecule has 0 spiro atoms. The fourth-order valence-electron chi connectivity index (χ4n) is 2.92. The lowest BCUT2D eigenvalue weighted by atomic mass is 9.84. The molecule has 1 aromatic carbocycles. The second-order valence-corrected chi connectivity index (χ2v) is 5.10. The van der Waals surface area contributed by atoms with Crippen LogP contribution in [-0.4, -0.2) is 30.6 Å². The first-order valence-electron chi connectivity index (χ1n) is 6.63. The molecule has 0 aromatic heterocycles. The fraction of sp³-hybridized carbons (Fsp3) is 0.467. The van der Waals surface area contributed by atoms with Crippen LogP contribution in [0.3, 0.4) is 0 Å². The van der Waals surface area contributed by atoms with Crippen LogP contribution >= 0.6 is 0 Å². The third kappa shape index (κ3) is 2.48. The number of hydrogen-bond acceptors (Lipinski definition) is 3. The van der Waals surface area contributed by atoms with E-state index >= 15 is 0 Å². The van der Waals surface area contributed by atoms with Crippen molar-refractivity contribution in [3.05, 3.63) is 23.3 Å². The van der Waals surface area contributed by atoms with E-state index in [1.807, 2.05) is 19.1 Å². The van der Waals surface area contributed by atoms with E-state index in [9.17, 15) is 9.59 Å². The number of carboxylic acids is 1. The summed E-state index contributed by atoms with van der Waals surface area (Å²) in [6.45, 7) is 3.99. The van der Waals surface area contributed by atoms with E-state index < -0.39 is 5.97 Å². The van der Waals surface area contributed by atoms with Crippen molar-refractivity contribution in [1.82, 2.24) is 0 Å². The molecule has 1 aromatic rings. The van der Waals surface area contributed by atoms with Gasteiger partial charge in [-0.3, -0.25) is 9.59 Å². The number of methoxy groups -OCH3 is 1. The van der Waals surface area contributed by atoms with Gasteiger partial charge in [-0.25, -0.2) is 0 Å². The Kier molecular flexibility index (Phi) is 3.97. The standard InChI is InChI=1S/C15H19NO4/c1-9-4-5-12(20-3)15-14(9)11(8-13(18)19)6-7-16(15)10(2)17/h4-5,11H,6-8H2,1-3H3,(H,18,19). The van der Waals surface area contributed by atoms with Gasteiger partial charge in [-0.05, 0) is 36.5 Å². The predicted molar refractivity (Wildman–Crippen MR) is 75.4 cm³/mol. The molecule has 0 saturated carbocycles. The smallest absolute Gasteiger partial charge is 0.303 e. The van der Waals surface area contributed by atoms with Gasteiger partial charge in [-0.1, -0.05) is 6.07 Å². The summed E-state index contributed by atoms with van der Waals surface area (Å²) < 4.78 is 5.36. The van der Waals surface area contributed by atoms with Crippen molar-refractivity contribution in [1.29, 1.82) is 0 Å². The summed E-state index contributed by atoms with van der Waals surface area (Å²) in [7, 11) is 1.56. The average molecular weight is 277 g/mol. The number of rotatable bonds is 3. The minimum absolute atomic E-state index is 0.0519. The Balaban J connectivity index is 2.59. The summed E-state index contributed by atoms with van der Waals surface area (Å²) in [5.41, 5.74) is 2.66. The number of benzene rings is 1. The van der Waals surface area contributed by atoms with E-state index in [4.69, 9.17) is 9.84 Å². The molecule has 0 aliphatic carbocycles. The van der Waals surface area contributed by atoms with Crippen molar-refractivity contribution in [2.45, 2.75) is 32.6 Å². The zero-order chi connectivity index (χ0) is 14.9. The minimum Gasteiger partial charge on any atom is -0.495 e. The number of anilines is 1. The van der Waals surface area contributed by atoms with Gasteiger partial charge < -0.3 is 14.7 Å². The predicted octanol–water partition coefficient (Wildman–Crippen LogP) is 2.32. The fourth-order valence-corrected chi connectivity index (χ4v) is 2.92. The van der Waals surface area contributed by atoms with Crippen molar-refractivity contribution in [2.24, 2.45) is 0 Å². The van der Waals surface area contributed by atoms with E-state index in [1.54, 1.807) is 12.0 Å². The molecule has 1 amide bonds. The molecule has 1 heterocycles. The summed E-state index contributed by atoms with van der Waals surface area (Å²) in [6, 6.07) is 3.74. The number of fused-ring (bicyclic) bond motifs is 1. The molecule has 2 rings (SSSR count). The topological polar surface area (TPSA) is 66.8 Å². The monoisotopic (exact) mass is 277 g/mol. The van der Waals surface area contributed by atoms with Crippen molar-refractivity contribution >= 4 is 17.6 Å². The lowest BCUT2D eigenvalue weighted by Crippen LogP contribution is -2.36. The van der Waals surface area contributed by atoms with Crippen molar-refractivity contribution < 1.29 is 19.4 Å². The highest BCUT2D eigenvalue weighted by Crippen LogP contribution is 2.44. The summed E-state index contributed by atoms with van der Waals surface area (Å²) in [4.78, 5) is 24.6. The summed E-state index contributed by atoms with van der Waals surface area (Å²) in [5.74, 6) is -0.326. The second kappa shape index (κ2) is 5.53. The number of carbonyl (C=O) groups excluding carboxylic acids is 1. The first kappa shape index (κ1) is 14.4. The minimum atomic E-state index is -0.820. The molecular formula is C15H19NO4. The third-order valence-electron chi connectivity index (χ3n) is 3.80. The number of aliphatic carboxylic acids is 1. The molecule has 1 N–H and O–H groups in total. The Labute approximate surface area is 118 Å². The zero-order valence-electron chi connectivity index (χ0n) is 12.0. The molecule has 5 heteroatoms. The number of carboxylic acid groups (broad SMARTS) is 1. The molecular weight excluding hydrogens is 258 g/mol. The zero-order valence-corrected chi connectivity index (χ0v) is 12.0. The van der Waals surface area contributed by atoms with Crippen LogP contribution in [0, 0.1) is 6.92 Å². The van der Waals surface area contributed by atoms with Gasteiger partial charge in [0.15, 0.2) is 0 Å². The largest absolute Gasteiger partial charge is 0.495 e. The van der Waals surface area contributed by atoms with Gasteiger partial charge in [0.2, 0.25) is 5.91 Å². The molecule has 0 radical (unpaired) electrons. The number of hydrogen-bond donors (Lipinski definition) is 1. The first-order chi connectivity index (χ1) is 9.45. The van der Waals surface area contributed by atoms with E-state index in [0.29, 0.717) is 18.7 Å². The van der Waals surface area contributed by atoms with Crippen LogP contribution in [0.1, 0.15) is 36.8 Å². The molecule has 0 fully saturated rings. The van der Waals surface area contributed by atoms with Crippen molar-refractivity contribution in [3.63, 3.8) is 0 Å². The van der Waals surface area contributed by atoms with Crippen LogP contribution in [0.25, 0.3) is 0 Å². The van der Waals surface area contributed by atoms with Gasteiger partial charge in [-0.2, -0.15) is 0 Å². The molecule has 20 heavy (non-hydrogen) atoms. The SMILES string of the molecule is COc1ccc(C)c2c1N(C(C)=O)CCC2CC(=O)O. The number of nitrogens with zero attached hydrogens (tertiary/aromatic N) is 1. The molecule has 0 saturated heterocycles. The van der Waals surface area contributed by atoms with Gasteiger partial charge in [0.25, 0.3) is 0 Å². The van der Waals surface area contributed by atoms with E-state index in [2.05, 4.69) is 0 Å². The highest BCUT2D eigenvalue weighted by Gasteiger charge is 2.32. The van der Waals surface area contributed by atoms with Crippen LogP contribution < -0.4 is 9.64 Å². The maximum atomic E-state index is 11.8. The lowest BCUT2D eigenvalue weighted by molar-refractivity contribution is -0.137. The van der Waals surface area contributed by atoms with Crippen molar-refractivity contribution in [3.8, 4) is 5.75 Å². The van der Waals surface area contributed by atoms with E-state index in [-0.39, 0.29) is 18.2 Å². The Hall–Kier alpha value is -2.04. The van der Waals surface area contributed by atoms with Crippen LogP contribution in [-0.2, 0) is 9.59 Å². The van der Waals surface area contributed by atoms with Gasteiger partial charge in [0.1, 0.15) is 5.75 Å². The lowest BCUT2D eigenvalue weighted by Gasteiger charge is -2.35. The molecule has 5 nitrogen and oxygen atoms in total. The third-order valence-corrected chi connectivity index (χ3v) is 3.80. The van der Waals surface area contributed by atoms with Crippen molar-refractivity contribution in [2.75, 3.05) is 18.6 Å². The van der Waals surface area contributed by atoms with E-state index in [1.165, 1.54) is 6.92 Å². The molecule has 0 bridgehead atoms. The Morgan fingerprint density at radius 2 is 2.15 bits per heavy atom. The van der Waals surface area contributed by atoms with Crippen LogP contribution in [0.4, 0.5) is 5.69 Å². The number of carbonyl (C=O) groups is 2. The number of aryl methyl sites for hydroxylation is 1. The van der Waals surface area contributed by atoms with Crippen LogP contribution in [0.15, 0.2) is 12.1 Å². The van der Waals surface area contributed by atoms with Crippen LogP contribution in [0.2, 0.25) is 0 Å². The summed E-state index contributed by atoms with van der Waals surface area (Å²) >= 11 is 0. The second-order valence-electron chi connectivity index (χ2n) is 5.10. The molecule has 108 valence electrons.